The molecule has 2 N–H and O–H groups in total. The molecule has 0 aliphatic carbocycles. The monoisotopic (exact) mass is 411 g/mol. The van der Waals surface area contributed by atoms with Gasteiger partial charge in [-0.1, -0.05) is 30.3 Å². The van der Waals surface area contributed by atoms with Crippen molar-refractivity contribution in [2.75, 3.05) is 31.1 Å². The number of hydrogen-bond acceptors (Lipinski definition) is 5. The molecular weight excluding hydrogens is 387 g/mol. The second-order valence-electron chi connectivity index (χ2n) is 6.45. The fraction of sp³-hybridized carbons (Fsp3) is 0.400. The van der Waals surface area contributed by atoms with Crippen LogP contribution in [0.15, 0.2) is 42.5 Å². The Kier molecular flexibility index (Phi) is 7.83. The van der Waals surface area contributed by atoms with Crippen LogP contribution >= 0.6 is 0 Å². The van der Waals surface area contributed by atoms with Gasteiger partial charge in [0.2, 0.25) is 5.88 Å². The van der Waals surface area contributed by atoms with Crippen molar-refractivity contribution in [3.63, 3.8) is 0 Å². The fourth-order valence-electron chi connectivity index (χ4n) is 2.77. The molecule has 2 aromatic rings. The predicted octanol–water partition coefficient (Wildman–Crippen LogP) is 3.74. The minimum Gasteiger partial charge on any atom is -0.481 e. The lowest BCUT2D eigenvalue weighted by Gasteiger charge is -2.29. The normalized spacial score (nSPS) is 15.1. The van der Waals surface area contributed by atoms with Crippen molar-refractivity contribution in [3.8, 4) is 5.88 Å². The van der Waals surface area contributed by atoms with Crippen LogP contribution in [0.25, 0.3) is 0 Å². The minimum absolute atomic E-state index is 0.375. The zero-order chi connectivity index (χ0) is 21.4. The van der Waals surface area contributed by atoms with Crippen molar-refractivity contribution >= 4 is 11.8 Å². The molecule has 1 unspecified atom stereocenters. The number of rotatable bonds is 4. The molecule has 6 nitrogen and oxygen atoms in total. The van der Waals surface area contributed by atoms with Gasteiger partial charge in [0.1, 0.15) is 17.5 Å². The van der Waals surface area contributed by atoms with Gasteiger partial charge in [0.25, 0.3) is 5.97 Å². The number of nitrogens with one attached hydrogen (secondary N) is 1. The Bertz CT molecular complexity index is 791. The quantitative estimate of drug-likeness (QED) is 0.799. The first-order valence-electron chi connectivity index (χ1n) is 9.13. The SMILES string of the molecule is CC(=O)O.CC(Oc1nc(N2CCNCC2)ccc1C(F)(F)F)c1ccccc1. The Morgan fingerprint density at radius 3 is 2.31 bits per heavy atom. The number of aromatic nitrogens is 1. The molecule has 0 saturated carbocycles. The topological polar surface area (TPSA) is 74.7 Å². The average Bonchev–Trinajstić information content (AvgIpc) is 2.68. The van der Waals surface area contributed by atoms with E-state index in [2.05, 4.69) is 10.3 Å². The highest BCUT2D eigenvalue weighted by atomic mass is 19.4. The number of aliphatic carboxylic acids is 1. The number of alkyl halides is 3. The Hall–Kier alpha value is -2.81. The smallest absolute Gasteiger partial charge is 0.421 e. The molecule has 1 aromatic carbocycles. The molecule has 0 radical (unpaired) electrons. The van der Waals surface area contributed by atoms with E-state index in [0.29, 0.717) is 18.9 Å². The largest absolute Gasteiger partial charge is 0.481 e. The fourth-order valence-corrected chi connectivity index (χ4v) is 2.77. The summed E-state index contributed by atoms with van der Waals surface area (Å²) in [6, 6.07) is 11.6. The second-order valence-corrected chi connectivity index (χ2v) is 6.45. The molecule has 158 valence electrons. The van der Waals surface area contributed by atoms with Crippen LogP contribution in [0.3, 0.4) is 0 Å². The van der Waals surface area contributed by atoms with Crippen LogP contribution < -0.4 is 15.0 Å². The van der Waals surface area contributed by atoms with Crippen LogP contribution in [0.1, 0.15) is 31.1 Å². The zero-order valence-electron chi connectivity index (χ0n) is 16.2. The average molecular weight is 411 g/mol. The van der Waals surface area contributed by atoms with Gasteiger partial charge in [-0.3, -0.25) is 4.79 Å². The first kappa shape index (κ1) is 22.5. The van der Waals surface area contributed by atoms with Gasteiger partial charge >= 0.3 is 6.18 Å². The molecule has 0 bridgehead atoms. The molecule has 0 amide bonds. The van der Waals surface area contributed by atoms with Gasteiger partial charge in [-0.15, -0.1) is 0 Å². The van der Waals surface area contributed by atoms with E-state index in [9.17, 15) is 13.2 Å². The third-order valence-electron chi connectivity index (χ3n) is 4.15. The summed E-state index contributed by atoms with van der Waals surface area (Å²) in [6.45, 7) is 5.76. The third-order valence-corrected chi connectivity index (χ3v) is 4.15. The highest BCUT2D eigenvalue weighted by Gasteiger charge is 2.36. The van der Waals surface area contributed by atoms with Gasteiger partial charge in [0, 0.05) is 33.1 Å². The Balaban J connectivity index is 0.000000687. The lowest BCUT2D eigenvalue weighted by molar-refractivity contribution is -0.139. The van der Waals surface area contributed by atoms with E-state index in [1.54, 1.807) is 6.92 Å². The van der Waals surface area contributed by atoms with E-state index in [1.165, 1.54) is 6.07 Å². The number of anilines is 1. The maximum atomic E-state index is 13.3. The first-order valence-corrected chi connectivity index (χ1v) is 9.13. The van der Waals surface area contributed by atoms with E-state index in [0.717, 1.165) is 31.6 Å². The molecule has 2 heterocycles. The van der Waals surface area contributed by atoms with E-state index in [-0.39, 0.29) is 5.88 Å². The predicted molar refractivity (Wildman–Crippen MR) is 103 cm³/mol. The number of halogens is 3. The molecule has 1 aromatic heterocycles. The number of pyridine rings is 1. The summed E-state index contributed by atoms with van der Waals surface area (Å²) in [5, 5.41) is 10.6. The van der Waals surface area contributed by atoms with Crippen molar-refractivity contribution in [2.24, 2.45) is 0 Å². The number of carbonyl (C=O) groups is 1. The van der Waals surface area contributed by atoms with Gasteiger partial charge in [0.15, 0.2) is 0 Å². The highest BCUT2D eigenvalue weighted by Crippen LogP contribution is 2.38. The van der Waals surface area contributed by atoms with Crippen LogP contribution in [0.5, 0.6) is 5.88 Å². The van der Waals surface area contributed by atoms with Crippen LogP contribution in [0, 0.1) is 0 Å². The molecule has 1 aliphatic rings. The summed E-state index contributed by atoms with van der Waals surface area (Å²) in [5.74, 6) is -0.704. The summed E-state index contributed by atoms with van der Waals surface area (Å²) in [4.78, 5) is 15.1. The van der Waals surface area contributed by atoms with Gasteiger partial charge < -0.3 is 20.1 Å². The lowest BCUT2D eigenvalue weighted by atomic mass is 10.1. The number of piperazine rings is 1. The molecule has 29 heavy (non-hydrogen) atoms. The summed E-state index contributed by atoms with van der Waals surface area (Å²) in [6.07, 6.45) is -5.05. The number of hydrogen-bond donors (Lipinski definition) is 2. The van der Waals surface area contributed by atoms with Crippen LogP contribution in [0.2, 0.25) is 0 Å². The van der Waals surface area contributed by atoms with Crippen molar-refractivity contribution < 1.29 is 27.8 Å². The number of carboxylic acid groups (broad SMARTS) is 1. The molecule has 1 aliphatic heterocycles. The summed E-state index contributed by atoms with van der Waals surface area (Å²) in [5.41, 5.74) is -0.0563. The summed E-state index contributed by atoms with van der Waals surface area (Å²) < 4.78 is 45.6. The Labute approximate surface area is 167 Å². The van der Waals surface area contributed by atoms with Crippen LogP contribution in [-0.4, -0.2) is 42.2 Å². The highest BCUT2D eigenvalue weighted by molar-refractivity contribution is 5.62. The maximum Gasteiger partial charge on any atom is 0.421 e. The molecule has 1 atom stereocenters. The van der Waals surface area contributed by atoms with Crippen molar-refractivity contribution in [3.05, 3.63) is 53.6 Å². The standard InChI is InChI=1S/C18H20F3N3O.C2H4O2/c1-13(14-5-3-2-4-6-14)25-17-15(18(19,20)21)7-8-16(23-17)24-11-9-22-10-12-24;1-2(3)4/h2-8,13,22H,9-12H2,1H3;1H3,(H,3,4). The van der Waals surface area contributed by atoms with E-state index in [4.69, 9.17) is 14.6 Å². The van der Waals surface area contributed by atoms with Crippen LogP contribution in [0.4, 0.5) is 19.0 Å². The zero-order valence-corrected chi connectivity index (χ0v) is 16.2. The van der Waals surface area contributed by atoms with Gasteiger partial charge in [-0.05, 0) is 24.6 Å². The molecular formula is C20H24F3N3O3. The van der Waals surface area contributed by atoms with Crippen LogP contribution in [-0.2, 0) is 11.0 Å². The van der Waals surface area contributed by atoms with Gasteiger partial charge in [0.05, 0.1) is 0 Å². The lowest BCUT2D eigenvalue weighted by Crippen LogP contribution is -2.43. The number of nitrogens with zero attached hydrogens (tertiary/aromatic N) is 2. The van der Waals surface area contributed by atoms with Gasteiger partial charge in [-0.25, -0.2) is 0 Å². The van der Waals surface area contributed by atoms with Crippen molar-refractivity contribution in [1.29, 1.82) is 0 Å². The van der Waals surface area contributed by atoms with E-state index in [1.807, 2.05) is 35.2 Å². The third kappa shape index (κ3) is 6.94. The Morgan fingerprint density at radius 2 is 1.76 bits per heavy atom. The number of benzene rings is 1. The molecule has 9 heteroatoms. The van der Waals surface area contributed by atoms with Gasteiger partial charge in [-0.2, -0.15) is 18.2 Å². The van der Waals surface area contributed by atoms with Crippen molar-refractivity contribution in [2.45, 2.75) is 26.1 Å². The number of ether oxygens (including phenoxy) is 1. The molecule has 3 rings (SSSR count). The molecule has 1 fully saturated rings. The minimum atomic E-state index is -4.51. The van der Waals surface area contributed by atoms with E-state index < -0.39 is 23.8 Å². The molecule has 1 saturated heterocycles. The summed E-state index contributed by atoms with van der Waals surface area (Å²) in [7, 11) is 0. The van der Waals surface area contributed by atoms with E-state index >= 15 is 0 Å². The number of carboxylic acids is 1. The maximum absolute atomic E-state index is 13.3. The first-order chi connectivity index (χ1) is 13.7. The second kappa shape index (κ2) is 10.1. The summed E-state index contributed by atoms with van der Waals surface area (Å²) >= 11 is 0. The molecule has 0 spiro atoms. The van der Waals surface area contributed by atoms with Crippen molar-refractivity contribution in [1.82, 2.24) is 10.3 Å². The Morgan fingerprint density at radius 1 is 1.17 bits per heavy atom.